The van der Waals surface area contributed by atoms with Gasteiger partial charge in [0.1, 0.15) is 0 Å². The number of rotatable bonds is 4. The summed E-state index contributed by atoms with van der Waals surface area (Å²) in [6.07, 6.45) is 0. The van der Waals surface area contributed by atoms with Crippen molar-refractivity contribution in [3.05, 3.63) is 194 Å². The highest BCUT2D eigenvalue weighted by molar-refractivity contribution is 6.24. The van der Waals surface area contributed by atoms with Crippen LogP contribution in [-0.4, -0.2) is 0 Å². The molecule has 0 amide bonds. The van der Waals surface area contributed by atoms with Gasteiger partial charge in [0.2, 0.25) is 0 Å². The van der Waals surface area contributed by atoms with Crippen molar-refractivity contribution >= 4 is 53.9 Å². The van der Waals surface area contributed by atoms with Gasteiger partial charge in [-0.2, -0.15) is 0 Å². The summed E-state index contributed by atoms with van der Waals surface area (Å²) in [5.74, 6) is 0. The lowest BCUT2D eigenvalue weighted by Gasteiger charge is -2.20. The van der Waals surface area contributed by atoms with Gasteiger partial charge in [0.15, 0.2) is 0 Å². The fraction of sp³-hybridized carbons (Fsp3) is 0. The quantitative estimate of drug-likeness (QED) is 0.165. The van der Waals surface area contributed by atoms with Crippen molar-refractivity contribution in [3.63, 3.8) is 0 Å². The summed E-state index contributed by atoms with van der Waals surface area (Å²) in [6.45, 7) is 0. The molecule has 10 aromatic carbocycles. The molecule has 0 fully saturated rings. The van der Waals surface area contributed by atoms with Gasteiger partial charge in [-0.15, -0.1) is 0 Å². The van der Waals surface area contributed by atoms with Crippen molar-refractivity contribution in [2.75, 3.05) is 0 Å². The van der Waals surface area contributed by atoms with E-state index in [-0.39, 0.29) is 27.3 Å². The number of benzene rings is 10. The Kier molecular flexibility index (Phi) is 3.11. The van der Waals surface area contributed by atoms with Gasteiger partial charge in [0, 0.05) is 0 Å². The summed E-state index contributed by atoms with van der Waals surface area (Å²) >= 11 is 0. The zero-order chi connectivity index (χ0) is 53.9. The lowest BCUT2D eigenvalue weighted by molar-refractivity contribution is 1.62. The lowest BCUT2D eigenvalue weighted by atomic mass is 9.83. The first-order valence-electron chi connectivity index (χ1n) is 27.4. The van der Waals surface area contributed by atoms with Crippen LogP contribution in [0.2, 0.25) is 0 Å². The normalized spacial score (nSPS) is 18.3. The average Bonchev–Trinajstić information content (AvgIpc) is 3.37. The van der Waals surface area contributed by atoms with E-state index in [9.17, 15) is 15.1 Å². The van der Waals surface area contributed by atoms with Gasteiger partial charge in [-0.05, 0) is 116 Å². The Balaban J connectivity index is 1.46. The highest BCUT2D eigenvalue weighted by Crippen LogP contribution is 2.46. The van der Waals surface area contributed by atoms with Crippen LogP contribution in [0.1, 0.15) is 32.9 Å². The Morgan fingerprint density at radius 1 is 0.280 bits per heavy atom. The van der Waals surface area contributed by atoms with Crippen LogP contribution >= 0.6 is 0 Å². The Bertz CT molecular complexity index is 4260. The predicted octanol–water partition coefficient (Wildman–Crippen LogP) is 14.1. The van der Waals surface area contributed by atoms with Gasteiger partial charge in [-0.1, -0.05) is 175 Å². The van der Waals surface area contributed by atoms with Gasteiger partial charge in [0.25, 0.3) is 0 Å². The van der Waals surface area contributed by atoms with Crippen LogP contribution in [0.15, 0.2) is 194 Å². The molecular formula is C50H32. The van der Waals surface area contributed by atoms with Crippen LogP contribution in [0.4, 0.5) is 0 Å². The molecule has 0 aliphatic heterocycles. The zero-order valence-corrected chi connectivity index (χ0v) is 25.6. The molecule has 0 bridgehead atoms. The summed E-state index contributed by atoms with van der Waals surface area (Å²) in [4.78, 5) is 0. The van der Waals surface area contributed by atoms with Crippen molar-refractivity contribution in [1.29, 1.82) is 0 Å². The second-order valence-corrected chi connectivity index (χ2v) is 11.4. The second kappa shape index (κ2) is 11.6. The molecule has 10 rings (SSSR count). The summed E-state index contributed by atoms with van der Waals surface area (Å²) < 4.78 is 218. The molecule has 0 aliphatic carbocycles. The van der Waals surface area contributed by atoms with Crippen molar-refractivity contribution in [2.24, 2.45) is 0 Å². The smallest absolute Gasteiger partial charge is 0.0616 e. The van der Waals surface area contributed by atoms with Crippen molar-refractivity contribution in [1.82, 2.24) is 0 Å². The number of fused-ring (bicyclic) bond motifs is 5. The first-order chi connectivity index (χ1) is 34.8. The molecule has 0 radical (unpaired) electrons. The molecule has 0 aliphatic rings. The first-order valence-corrected chi connectivity index (χ1v) is 15.4. The molecule has 0 N–H and O–H groups in total. The van der Waals surface area contributed by atoms with Gasteiger partial charge in [0.05, 0.1) is 32.9 Å². The molecule has 0 unspecified atom stereocenters. The molecule has 0 heteroatoms. The third kappa shape index (κ3) is 4.69. The maximum absolute atomic E-state index is 10.2. The van der Waals surface area contributed by atoms with Crippen molar-refractivity contribution in [3.8, 4) is 44.5 Å². The van der Waals surface area contributed by atoms with E-state index in [1.807, 2.05) is 0 Å². The first kappa shape index (κ1) is 13.4. The highest BCUT2D eigenvalue weighted by atomic mass is 14.2. The van der Waals surface area contributed by atoms with Crippen LogP contribution in [-0.2, 0) is 0 Å². The molecule has 0 atom stereocenters. The summed E-state index contributed by atoms with van der Waals surface area (Å²) in [5.41, 5.74) is -3.53. The molecule has 0 saturated heterocycles. The third-order valence-electron chi connectivity index (χ3n) is 8.51. The van der Waals surface area contributed by atoms with E-state index in [1.54, 1.807) is 42.5 Å². The van der Waals surface area contributed by atoms with Gasteiger partial charge in [-0.25, -0.2) is 0 Å². The second-order valence-electron chi connectivity index (χ2n) is 11.4. The highest BCUT2D eigenvalue weighted by Gasteiger charge is 2.19. The molecule has 50 heavy (non-hydrogen) atoms. The summed E-state index contributed by atoms with van der Waals surface area (Å²) in [7, 11) is 0. The van der Waals surface area contributed by atoms with E-state index in [0.29, 0.717) is 10.8 Å². The molecule has 0 spiro atoms. The van der Waals surface area contributed by atoms with Crippen molar-refractivity contribution < 1.29 is 32.9 Å². The third-order valence-corrected chi connectivity index (χ3v) is 8.51. The van der Waals surface area contributed by atoms with Crippen LogP contribution in [0.25, 0.3) is 98.4 Å². The predicted molar refractivity (Wildman–Crippen MR) is 216 cm³/mol. The lowest BCUT2D eigenvalue weighted by Crippen LogP contribution is -1.92. The maximum atomic E-state index is 10.2. The molecule has 0 nitrogen and oxygen atoms in total. The van der Waals surface area contributed by atoms with Crippen LogP contribution < -0.4 is 0 Å². The molecule has 232 valence electrons. The average molecular weight is 657 g/mol. The SMILES string of the molecule is [2H]c1c([2H])c(-c2c3c([2H])c([2H])c([2H])c([2H])c3c(-c3cccc4ccccc34)c3c([2H])c(-c4cc([2H])c5c([2H])c([2H])c([2H])c([2H])c5c4[2H])c([2H])c([2H])c23)c([2H])c([2H])c1-c1c([2H])c([2H])c2c([2H])c([2H])c([2H])c([2H])c2c1[2H]. The monoisotopic (exact) mass is 656 g/mol. The van der Waals surface area contributed by atoms with Gasteiger partial charge in [-0.3, -0.25) is 0 Å². The minimum atomic E-state index is -0.981. The fourth-order valence-electron chi connectivity index (χ4n) is 6.25. The van der Waals surface area contributed by atoms with E-state index in [0.717, 1.165) is 6.07 Å². The molecule has 10 aromatic rings. The molecule has 0 aromatic heterocycles. The minimum Gasteiger partial charge on any atom is -0.0616 e. The fourth-order valence-corrected chi connectivity index (χ4v) is 6.25. The topological polar surface area (TPSA) is 0 Å². The maximum Gasteiger partial charge on any atom is 0.0636 e. The molecule has 0 heterocycles. The summed E-state index contributed by atoms with van der Waals surface area (Å²) in [5, 5.41) is -2.35. The molecular weight excluding hydrogens is 601 g/mol. The summed E-state index contributed by atoms with van der Waals surface area (Å²) in [6, 6.07) is -5.94. The van der Waals surface area contributed by atoms with Gasteiger partial charge < -0.3 is 0 Å². The Labute approximate surface area is 325 Å². The Morgan fingerprint density at radius 2 is 0.840 bits per heavy atom. The van der Waals surface area contributed by atoms with E-state index in [1.165, 1.54) is 0 Å². The standard InChI is InChI=1S/C50H32/c1-3-13-38-30-40(26-22-33(38)10-1)35-20-24-37(25-21-35)49-45-17-7-8-18-46(45)50(44-19-9-15-36-12-5-6-16-43(36)44)48-32-42(28-29-47(48)49)41-27-23-34-11-2-4-14-39(34)31-41/h1-32H/i1D,2D,3D,4D,7D,8D,10D,11D,13D,14D,17D,18D,20D,21D,22D,23D,24D,25D,26D,28D,29D,30D,31D,32D. The largest absolute Gasteiger partial charge is 0.0636 e. The Hall–Kier alpha value is -6.50. The van der Waals surface area contributed by atoms with E-state index >= 15 is 0 Å². The van der Waals surface area contributed by atoms with Crippen molar-refractivity contribution in [2.45, 2.75) is 0 Å². The van der Waals surface area contributed by atoms with Crippen LogP contribution in [0.3, 0.4) is 0 Å². The number of hydrogen-bond donors (Lipinski definition) is 0. The Morgan fingerprint density at radius 3 is 1.64 bits per heavy atom. The van der Waals surface area contributed by atoms with E-state index in [4.69, 9.17) is 17.8 Å². The van der Waals surface area contributed by atoms with E-state index in [2.05, 4.69) is 0 Å². The zero-order valence-electron chi connectivity index (χ0n) is 49.6. The molecule has 0 saturated carbocycles. The van der Waals surface area contributed by atoms with E-state index < -0.39 is 205 Å². The van der Waals surface area contributed by atoms with Crippen LogP contribution in [0, 0.1) is 0 Å². The van der Waals surface area contributed by atoms with Crippen LogP contribution in [0.5, 0.6) is 0 Å². The van der Waals surface area contributed by atoms with Gasteiger partial charge >= 0.3 is 0 Å². The number of hydrogen-bond acceptors (Lipinski definition) is 0. The minimum absolute atomic E-state index is 0.115.